The number of hydrogen-bond donors (Lipinski definition) is 1. The Morgan fingerprint density at radius 1 is 0.889 bits per heavy atom. The summed E-state index contributed by atoms with van der Waals surface area (Å²) in [5.41, 5.74) is 0.861. The minimum absolute atomic E-state index is 0.000918. The zero-order valence-electron chi connectivity index (χ0n) is 11.9. The molecular weight excluding hydrogens is 226 g/mol. The van der Waals surface area contributed by atoms with Crippen LogP contribution in [0, 0.1) is 10.8 Å². The molecule has 1 saturated carbocycles. The fourth-order valence-electron chi connectivity index (χ4n) is 3.52. The van der Waals surface area contributed by atoms with E-state index in [1.54, 1.807) is 0 Å². The molecule has 0 aromatic heterocycles. The first kappa shape index (κ1) is 12.9. The molecule has 0 atom stereocenters. The van der Waals surface area contributed by atoms with Gasteiger partial charge in [0.1, 0.15) is 5.72 Å². The van der Waals surface area contributed by atoms with Crippen LogP contribution in [0.2, 0.25) is 0 Å². The molecule has 0 aromatic carbocycles. The summed E-state index contributed by atoms with van der Waals surface area (Å²) in [6.07, 6.45) is 7.20. The van der Waals surface area contributed by atoms with Gasteiger partial charge in [0.15, 0.2) is 0 Å². The molecule has 104 valence electrons. The van der Waals surface area contributed by atoms with Crippen molar-refractivity contribution in [2.45, 2.75) is 58.1 Å². The van der Waals surface area contributed by atoms with E-state index in [0.29, 0.717) is 10.8 Å². The lowest BCUT2D eigenvalue weighted by molar-refractivity contribution is -0.186. The maximum absolute atomic E-state index is 6.33. The van der Waals surface area contributed by atoms with Crippen molar-refractivity contribution in [2.24, 2.45) is 10.8 Å². The van der Waals surface area contributed by atoms with Crippen LogP contribution in [-0.2, 0) is 9.47 Å². The Kier molecular flexibility index (Phi) is 3.20. The van der Waals surface area contributed by atoms with Gasteiger partial charge in [-0.15, -0.1) is 0 Å². The van der Waals surface area contributed by atoms with Gasteiger partial charge in [-0.2, -0.15) is 0 Å². The van der Waals surface area contributed by atoms with E-state index in [1.165, 1.54) is 25.7 Å². The molecule has 0 aromatic rings. The molecule has 18 heavy (non-hydrogen) atoms. The predicted molar refractivity (Wildman–Crippen MR) is 71.4 cm³/mol. The van der Waals surface area contributed by atoms with Gasteiger partial charge in [-0.25, -0.2) is 0 Å². The van der Waals surface area contributed by atoms with Crippen molar-refractivity contribution in [2.75, 3.05) is 26.4 Å². The van der Waals surface area contributed by atoms with Gasteiger partial charge in [-0.05, 0) is 43.9 Å². The summed E-state index contributed by atoms with van der Waals surface area (Å²) >= 11 is 0. The Morgan fingerprint density at radius 2 is 1.56 bits per heavy atom. The average molecular weight is 253 g/mol. The van der Waals surface area contributed by atoms with Crippen molar-refractivity contribution < 1.29 is 9.47 Å². The van der Waals surface area contributed by atoms with Crippen molar-refractivity contribution in [1.82, 2.24) is 5.32 Å². The van der Waals surface area contributed by atoms with Crippen LogP contribution in [0.1, 0.15) is 52.4 Å². The van der Waals surface area contributed by atoms with E-state index < -0.39 is 0 Å². The Balaban J connectivity index is 1.59. The molecule has 1 aliphatic carbocycles. The highest BCUT2D eigenvalue weighted by Crippen LogP contribution is 2.44. The largest absolute Gasteiger partial charge is 0.381 e. The third-order valence-electron chi connectivity index (χ3n) is 5.40. The monoisotopic (exact) mass is 253 g/mol. The van der Waals surface area contributed by atoms with E-state index >= 15 is 0 Å². The lowest BCUT2D eigenvalue weighted by Crippen LogP contribution is -2.61. The van der Waals surface area contributed by atoms with Crippen LogP contribution in [-0.4, -0.2) is 32.1 Å². The summed E-state index contributed by atoms with van der Waals surface area (Å²) in [4.78, 5) is 0. The molecule has 1 N–H and O–H groups in total. The first-order valence-electron chi connectivity index (χ1n) is 7.50. The van der Waals surface area contributed by atoms with E-state index in [2.05, 4.69) is 19.2 Å². The molecule has 2 aliphatic heterocycles. The van der Waals surface area contributed by atoms with E-state index in [-0.39, 0.29) is 5.72 Å². The molecule has 0 amide bonds. The Hall–Kier alpha value is -0.120. The SMILES string of the molecule is CC1(C)CCC2(CC1)NCC1(CCOCC1)CO2. The molecular formula is C15H27NO2. The fourth-order valence-corrected chi connectivity index (χ4v) is 3.52. The van der Waals surface area contributed by atoms with E-state index in [9.17, 15) is 0 Å². The lowest BCUT2D eigenvalue weighted by atomic mass is 9.72. The lowest BCUT2D eigenvalue weighted by Gasteiger charge is -2.52. The number of hydrogen-bond acceptors (Lipinski definition) is 3. The molecule has 3 aliphatic rings. The molecule has 3 fully saturated rings. The van der Waals surface area contributed by atoms with Crippen LogP contribution >= 0.6 is 0 Å². The highest BCUT2D eigenvalue weighted by molar-refractivity contribution is 4.96. The van der Waals surface area contributed by atoms with Crippen molar-refractivity contribution in [3.63, 3.8) is 0 Å². The number of ether oxygens (including phenoxy) is 2. The van der Waals surface area contributed by atoms with Gasteiger partial charge in [-0.3, -0.25) is 5.32 Å². The van der Waals surface area contributed by atoms with E-state index in [1.807, 2.05) is 0 Å². The van der Waals surface area contributed by atoms with Gasteiger partial charge in [0.25, 0.3) is 0 Å². The zero-order chi connectivity index (χ0) is 12.7. The van der Waals surface area contributed by atoms with Crippen molar-refractivity contribution in [1.29, 1.82) is 0 Å². The third kappa shape index (κ3) is 2.45. The summed E-state index contributed by atoms with van der Waals surface area (Å²) in [6, 6.07) is 0. The highest BCUT2D eigenvalue weighted by Gasteiger charge is 2.46. The summed E-state index contributed by atoms with van der Waals surface area (Å²) < 4.78 is 11.8. The second-order valence-electron chi connectivity index (χ2n) is 7.41. The number of rotatable bonds is 0. The Labute approximate surface area is 111 Å². The molecule has 3 nitrogen and oxygen atoms in total. The molecule has 0 unspecified atom stereocenters. The fraction of sp³-hybridized carbons (Fsp3) is 1.00. The van der Waals surface area contributed by atoms with Crippen LogP contribution in [0.25, 0.3) is 0 Å². The third-order valence-corrected chi connectivity index (χ3v) is 5.40. The van der Waals surface area contributed by atoms with Crippen molar-refractivity contribution in [3.05, 3.63) is 0 Å². The standard InChI is InChI=1S/C15H27NO2/c1-13(2)3-5-15(6-4-13)16-11-14(12-18-15)7-9-17-10-8-14/h16H,3-12H2,1-2H3. The Bertz CT molecular complexity index is 286. The second kappa shape index (κ2) is 4.46. The minimum atomic E-state index is -0.000918. The predicted octanol–water partition coefficient (Wildman–Crippen LogP) is 2.70. The van der Waals surface area contributed by atoms with Crippen molar-refractivity contribution in [3.8, 4) is 0 Å². The molecule has 2 saturated heterocycles. The summed E-state index contributed by atoms with van der Waals surface area (Å²) in [5, 5.41) is 3.76. The smallest absolute Gasteiger partial charge is 0.119 e. The summed E-state index contributed by atoms with van der Waals surface area (Å²) in [5.74, 6) is 0. The van der Waals surface area contributed by atoms with Crippen LogP contribution in [0.4, 0.5) is 0 Å². The Morgan fingerprint density at radius 3 is 2.11 bits per heavy atom. The van der Waals surface area contributed by atoms with Gasteiger partial charge >= 0.3 is 0 Å². The zero-order valence-corrected chi connectivity index (χ0v) is 11.9. The van der Waals surface area contributed by atoms with Gasteiger partial charge in [-0.1, -0.05) is 13.8 Å². The van der Waals surface area contributed by atoms with Gasteiger partial charge < -0.3 is 9.47 Å². The normalized spacial score (nSPS) is 33.7. The van der Waals surface area contributed by atoms with Crippen LogP contribution in [0.5, 0.6) is 0 Å². The van der Waals surface area contributed by atoms with Gasteiger partial charge in [0.05, 0.1) is 6.61 Å². The van der Waals surface area contributed by atoms with Crippen LogP contribution < -0.4 is 5.32 Å². The quantitative estimate of drug-likeness (QED) is 0.720. The van der Waals surface area contributed by atoms with Crippen LogP contribution in [0.3, 0.4) is 0 Å². The first-order chi connectivity index (χ1) is 8.54. The van der Waals surface area contributed by atoms with Gasteiger partial charge in [0.2, 0.25) is 0 Å². The second-order valence-corrected chi connectivity index (χ2v) is 7.41. The van der Waals surface area contributed by atoms with E-state index in [0.717, 1.165) is 39.2 Å². The first-order valence-corrected chi connectivity index (χ1v) is 7.50. The average Bonchev–Trinajstić information content (AvgIpc) is 2.38. The maximum atomic E-state index is 6.33. The summed E-state index contributed by atoms with van der Waals surface area (Å²) in [7, 11) is 0. The molecule has 3 rings (SSSR count). The van der Waals surface area contributed by atoms with E-state index in [4.69, 9.17) is 9.47 Å². The molecule has 2 spiro atoms. The van der Waals surface area contributed by atoms with Crippen LogP contribution in [0.15, 0.2) is 0 Å². The topological polar surface area (TPSA) is 30.5 Å². The van der Waals surface area contributed by atoms with Gasteiger partial charge in [0, 0.05) is 25.2 Å². The maximum Gasteiger partial charge on any atom is 0.119 e. The molecule has 0 radical (unpaired) electrons. The minimum Gasteiger partial charge on any atom is -0.381 e. The molecule has 2 heterocycles. The molecule has 0 bridgehead atoms. The molecule has 3 heteroatoms. The number of nitrogens with one attached hydrogen (secondary N) is 1. The highest BCUT2D eigenvalue weighted by atomic mass is 16.5. The van der Waals surface area contributed by atoms with Crippen molar-refractivity contribution >= 4 is 0 Å². The summed E-state index contributed by atoms with van der Waals surface area (Å²) in [6.45, 7) is 8.63.